The average Bonchev–Trinajstić information content (AvgIpc) is 3.25. The minimum atomic E-state index is -4.50. The highest BCUT2D eigenvalue weighted by Crippen LogP contribution is 2.36. The van der Waals surface area contributed by atoms with Crippen LogP contribution in [0.2, 0.25) is 0 Å². The number of benzene rings is 2. The van der Waals surface area contributed by atoms with Gasteiger partial charge in [-0.1, -0.05) is 36.4 Å². The highest BCUT2D eigenvalue weighted by molar-refractivity contribution is 5.86. The zero-order valence-corrected chi connectivity index (χ0v) is 18.1. The largest absolute Gasteiger partial charge is 0.418 e. The van der Waals surface area contributed by atoms with Crippen molar-refractivity contribution in [1.82, 2.24) is 15.2 Å². The van der Waals surface area contributed by atoms with Crippen LogP contribution in [0.15, 0.2) is 48.5 Å². The van der Waals surface area contributed by atoms with Crippen LogP contribution in [0.25, 0.3) is 10.9 Å². The SMILES string of the molecule is Cc1cc(C(O)CNCc2cccc(CN3CCCC3)c2)c2cccc(C(F)(F)F)c2n1. The van der Waals surface area contributed by atoms with Crippen LogP contribution in [0.1, 0.15) is 46.9 Å². The smallest absolute Gasteiger partial charge is 0.387 e. The highest BCUT2D eigenvalue weighted by Gasteiger charge is 2.33. The molecule has 1 aliphatic rings. The number of fused-ring (bicyclic) bond motifs is 1. The first-order valence-electron chi connectivity index (χ1n) is 11.0. The molecule has 7 heteroatoms. The molecule has 0 spiro atoms. The summed E-state index contributed by atoms with van der Waals surface area (Å²) in [7, 11) is 0. The van der Waals surface area contributed by atoms with Crippen LogP contribution in [-0.4, -0.2) is 34.6 Å². The van der Waals surface area contributed by atoms with Crippen molar-refractivity contribution in [2.75, 3.05) is 19.6 Å². The predicted octanol–water partition coefficient (Wildman–Crippen LogP) is 4.98. The Hall–Kier alpha value is -2.48. The van der Waals surface area contributed by atoms with E-state index in [1.54, 1.807) is 19.1 Å². The van der Waals surface area contributed by atoms with E-state index in [1.165, 1.54) is 24.5 Å². The molecule has 0 aliphatic carbocycles. The Labute approximate surface area is 186 Å². The molecule has 1 fully saturated rings. The lowest BCUT2D eigenvalue weighted by Crippen LogP contribution is -2.22. The Kier molecular flexibility index (Phi) is 6.79. The number of aromatic nitrogens is 1. The minimum absolute atomic E-state index is 0.122. The summed E-state index contributed by atoms with van der Waals surface area (Å²) < 4.78 is 40.2. The van der Waals surface area contributed by atoms with E-state index in [9.17, 15) is 18.3 Å². The number of nitrogens with zero attached hydrogens (tertiary/aromatic N) is 2. The average molecular weight is 444 g/mol. The Morgan fingerprint density at radius 2 is 1.78 bits per heavy atom. The number of hydrogen-bond donors (Lipinski definition) is 2. The summed E-state index contributed by atoms with van der Waals surface area (Å²) in [5.41, 5.74) is 2.37. The molecule has 2 N–H and O–H groups in total. The molecule has 0 saturated carbocycles. The number of nitrogens with one attached hydrogen (secondary N) is 1. The first kappa shape index (κ1) is 22.7. The monoisotopic (exact) mass is 443 g/mol. The molecule has 4 rings (SSSR count). The number of alkyl halides is 3. The summed E-state index contributed by atoms with van der Waals surface area (Å²) >= 11 is 0. The van der Waals surface area contributed by atoms with E-state index < -0.39 is 17.8 Å². The maximum atomic E-state index is 13.4. The Balaban J connectivity index is 1.45. The van der Waals surface area contributed by atoms with Crippen molar-refractivity contribution in [1.29, 1.82) is 0 Å². The van der Waals surface area contributed by atoms with Crippen LogP contribution in [0, 0.1) is 6.92 Å². The molecular formula is C25H28F3N3O. The molecule has 32 heavy (non-hydrogen) atoms. The number of para-hydroxylation sites is 1. The summed E-state index contributed by atoms with van der Waals surface area (Å²) in [4.78, 5) is 6.56. The lowest BCUT2D eigenvalue weighted by molar-refractivity contribution is -0.136. The number of aryl methyl sites for hydroxylation is 1. The number of likely N-dealkylation sites (tertiary alicyclic amines) is 1. The summed E-state index contributed by atoms with van der Waals surface area (Å²) in [5.74, 6) is 0. The molecule has 0 bridgehead atoms. The van der Waals surface area contributed by atoms with Gasteiger partial charge in [-0.15, -0.1) is 0 Å². The lowest BCUT2D eigenvalue weighted by atomic mass is 9.99. The third-order valence-corrected chi connectivity index (χ3v) is 5.93. The van der Waals surface area contributed by atoms with E-state index in [0.29, 0.717) is 23.2 Å². The first-order valence-corrected chi connectivity index (χ1v) is 11.0. The molecule has 2 aromatic carbocycles. The number of aliphatic hydroxyl groups excluding tert-OH is 1. The van der Waals surface area contributed by atoms with Crippen molar-refractivity contribution in [2.45, 2.75) is 45.1 Å². The van der Waals surface area contributed by atoms with Gasteiger partial charge in [0.1, 0.15) is 0 Å². The number of aliphatic hydroxyl groups is 1. The van der Waals surface area contributed by atoms with Crippen LogP contribution in [0.4, 0.5) is 13.2 Å². The number of halogens is 3. The summed E-state index contributed by atoms with van der Waals surface area (Å²) in [6.07, 6.45) is -2.93. The molecule has 1 aliphatic heterocycles. The van der Waals surface area contributed by atoms with Crippen LogP contribution < -0.4 is 5.32 Å². The van der Waals surface area contributed by atoms with E-state index in [0.717, 1.165) is 31.3 Å². The predicted molar refractivity (Wildman–Crippen MR) is 119 cm³/mol. The van der Waals surface area contributed by atoms with Crippen LogP contribution in [-0.2, 0) is 19.3 Å². The zero-order valence-electron chi connectivity index (χ0n) is 18.1. The number of hydrogen-bond acceptors (Lipinski definition) is 4. The molecule has 1 unspecified atom stereocenters. The lowest BCUT2D eigenvalue weighted by Gasteiger charge is -2.18. The Morgan fingerprint density at radius 1 is 1.06 bits per heavy atom. The molecule has 4 nitrogen and oxygen atoms in total. The molecule has 1 aromatic heterocycles. The third kappa shape index (κ3) is 5.28. The first-order chi connectivity index (χ1) is 15.3. The standard InChI is InChI=1S/C25H28F3N3O/c1-17-12-21(20-8-5-9-22(24(20)30-17)25(26,27)28)23(32)15-29-14-18-6-4-7-19(13-18)16-31-10-2-3-11-31/h4-9,12-13,23,29,32H,2-3,10-11,14-16H2,1H3. The van der Waals surface area contributed by atoms with Gasteiger partial charge in [0, 0.05) is 30.7 Å². The summed E-state index contributed by atoms with van der Waals surface area (Å²) in [6.45, 7) is 5.67. The van der Waals surface area contributed by atoms with Gasteiger partial charge >= 0.3 is 6.18 Å². The van der Waals surface area contributed by atoms with Gasteiger partial charge in [0.15, 0.2) is 0 Å². The third-order valence-electron chi connectivity index (χ3n) is 5.93. The Bertz CT molecular complexity index is 1080. The van der Waals surface area contributed by atoms with Crippen molar-refractivity contribution in [3.63, 3.8) is 0 Å². The van der Waals surface area contributed by atoms with Crippen molar-refractivity contribution >= 4 is 10.9 Å². The van der Waals surface area contributed by atoms with Crippen LogP contribution in [0.5, 0.6) is 0 Å². The number of rotatable bonds is 7. The van der Waals surface area contributed by atoms with Gasteiger partial charge in [0.05, 0.1) is 17.2 Å². The van der Waals surface area contributed by atoms with Crippen molar-refractivity contribution in [2.24, 2.45) is 0 Å². The fourth-order valence-electron chi connectivity index (χ4n) is 4.41. The van der Waals surface area contributed by atoms with E-state index in [4.69, 9.17) is 0 Å². The zero-order chi connectivity index (χ0) is 22.7. The van der Waals surface area contributed by atoms with Crippen LogP contribution in [0.3, 0.4) is 0 Å². The fourth-order valence-corrected chi connectivity index (χ4v) is 4.41. The van der Waals surface area contributed by atoms with Gasteiger partial charge in [0.25, 0.3) is 0 Å². The van der Waals surface area contributed by atoms with Crippen molar-refractivity contribution in [3.05, 3.63) is 76.5 Å². The molecule has 0 amide bonds. The van der Waals surface area contributed by atoms with Crippen molar-refractivity contribution < 1.29 is 18.3 Å². The van der Waals surface area contributed by atoms with E-state index in [-0.39, 0.29) is 12.1 Å². The highest BCUT2D eigenvalue weighted by atomic mass is 19.4. The molecular weight excluding hydrogens is 415 g/mol. The quantitative estimate of drug-likeness (QED) is 0.541. The molecule has 1 atom stereocenters. The van der Waals surface area contributed by atoms with E-state index in [1.807, 2.05) is 12.1 Å². The molecule has 0 radical (unpaired) electrons. The molecule has 170 valence electrons. The second-order valence-corrected chi connectivity index (χ2v) is 8.50. The van der Waals surface area contributed by atoms with Gasteiger partial charge in [0.2, 0.25) is 0 Å². The van der Waals surface area contributed by atoms with E-state index >= 15 is 0 Å². The van der Waals surface area contributed by atoms with Gasteiger partial charge in [-0.3, -0.25) is 9.88 Å². The second kappa shape index (κ2) is 9.57. The molecule has 3 aromatic rings. The maximum Gasteiger partial charge on any atom is 0.418 e. The molecule has 1 saturated heterocycles. The fraction of sp³-hybridized carbons (Fsp3) is 0.400. The minimum Gasteiger partial charge on any atom is -0.387 e. The molecule has 2 heterocycles. The summed E-state index contributed by atoms with van der Waals surface area (Å²) in [5, 5.41) is 14.4. The van der Waals surface area contributed by atoms with Crippen molar-refractivity contribution in [3.8, 4) is 0 Å². The normalized spacial score (nSPS) is 16.0. The van der Waals surface area contributed by atoms with Gasteiger partial charge in [-0.2, -0.15) is 13.2 Å². The van der Waals surface area contributed by atoms with Gasteiger partial charge in [-0.25, -0.2) is 0 Å². The number of pyridine rings is 1. The van der Waals surface area contributed by atoms with Gasteiger partial charge in [-0.05, 0) is 61.7 Å². The second-order valence-electron chi connectivity index (χ2n) is 8.50. The summed E-state index contributed by atoms with van der Waals surface area (Å²) in [6, 6.07) is 14.0. The van der Waals surface area contributed by atoms with Crippen LogP contribution >= 0.6 is 0 Å². The Morgan fingerprint density at radius 3 is 2.53 bits per heavy atom. The van der Waals surface area contributed by atoms with Gasteiger partial charge < -0.3 is 10.4 Å². The topological polar surface area (TPSA) is 48.4 Å². The van der Waals surface area contributed by atoms with E-state index in [2.05, 4.69) is 27.3 Å². The maximum absolute atomic E-state index is 13.4.